The van der Waals surface area contributed by atoms with Crippen LogP contribution in [0, 0.1) is 19.8 Å². The summed E-state index contributed by atoms with van der Waals surface area (Å²) in [6, 6.07) is 17.7. The molecule has 3 aromatic heterocycles. The molecule has 0 aliphatic rings. The summed E-state index contributed by atoms with van der Waals surface area (Å²) in [4.78, 5) is 39.5. The normalized spacial score (nSPS) is 11.2. The molecule has 0 fully saturated rings. The number of aryl methyl sites for hydroxylation is 2. The van der Waals surface area contributed by atoms with Crippen LogP contribution in [0.25, 0.3) is 22.4 Å². The molecule has 4 aromatic rings. The molecule has 48 heavy (non-hydrogen) atoms. The van der Waals surface area contributed by atoms with Gasteiger partial charge in [0, 0.05) is 45.9 Å². The van der Waals surface area contributed by atoms with Crippen LogP contribution in [0.5, 0.6) is 0 Å². The molecule has 7 nitrogen and oxygen atoms in total. The molecule has 0 aliphatic carbocycles. The molecular formula is C40H57ClN2O5. The summed E-state index contributed by atoms with van der Waals surface area (Å²) in [7, 11) is 0. The number of benzene rings is 1. The quantitative estimate of drug-likeness (QED) is 0.193. The number of ketones is 1. The lowest BCUT2D eigenvalue weighted by molar-refractivity contribution is -0.124. The molecule has 1 N–H and O–H groups in total. The highest BCUT2D eigenvalue weighted by atomic mass is 35.5. The Morgan fingerprint density at radius 3 is 1.77 bits per heavy atom. The van der Waals surface area contributed by atoms with Gasteiger partial charge in [-0.2, -0.15) is 0 Å². The summed E-state index contributed by atoms with van der Waals surface area (Å²) < 4.78 is 6.22. The third kappa shape index (κ3) is 14.9. The molecule has 1 atom stereocenters. The molecule has 8 heteroatoms. The Bertz CT molecular complexity index is 1520. The number of nitrogens with zero attached hydrogens (tertiary/aromatic N) is 2. The minimum absolute atomic E-state index is 0.129. The Kier molecular flexibility index (Phi) is 20.2. The van der Waals surface area contributed by atoms with Gasteiger partial charge in [-0.25, -0.2) is 4.98 Å². The molecule has 0 saturated carbocycles. The standard InChI is InChI=1S/C23H26ClNO2.C7H9N.C5H10O.C4H10.CH2O2/c1-7-19(26)23(5,6)20-13-18-21(27-20)16(22(2,3)4)12-17(25-18)14-8-10-15(24)11-9-14;1-6-4-3-5-7(2)8-6;1-3-5(2)4-6;1-3-4-2;2-1-3/h8-13H,7H2,1-6H3;3-5H,1-2H3;4-5H,3H2,1-2H3;3-4H2,1-2H3;1H,(H,2,3). The summed E-state index contributed by atoms with van der Waals surface area (Å²) in [6.07, 6.45) is 5.04. The van der Waals surface area contributed by atoms with E-state index in [0.29, 0.717) is 17.2 Å². The Labute approximate surface area is 293 Å². The second-order valence-corrected chi connectivity index (χ2v) is 13.5. The second-order valence-electron chi connectivity index (χ2n) is 13.1. The van der Waals surface area contributed by atoms with E-state index >= 15 is 0 Å². The van der Waals surface area contributed by atoms with E-state index in [1.54, 1.807) is 0 Å². The summed E-state index contributed by atoms with van der Waals surface area (Å²) in [5, 5.41) is 7.58. The number of halogens is 1. The molecule has 1 unspecified atom stereocenters. The molecule has 0 radical (unpaired) electrons. The SMILES string of the molecule is CCC(=O)C(C)(C)c1cc2nc(-c3ccc(Cl)cc3)cc(C(C)(C)C)c2o1.CCC(C)C=O.CCCC.Cc1cccc(C)n1.O=CO. The highest BCUT2D eigenvalue weighted by Crippen LogP contribution is 2.38. The number of hydrogen-bond donors (Lipinski definition) is 1. The molecule has 0 aliphatic heterocycles. The number of furan rings is 1. The van der Waals surface area contributed by atoms with Gasteiger partial charge in [-0.3, -0.25) is 14.6 Å². The predicted octanol–water partition coefficient (Wildman–Crippen LogP) is 11.1. The third-order valence-electron chi connectivity index (χ3n) is 7.47. The zero-order valence-electron chi connectivity index (χ0n) is 31.1. The maximum absolute atomic E-state index is 12.4. The van der Waals surface area contributed by atoms with Gasteiger partial charge in [0.25, 0.3) is 6.47 Å². The number of Topliss-reactive ketones (excluding diaryl/α,β-unsaturated/α-hetero) is 1. The number of aromatic nitrogens is 2. The fourth-order valence-electron chi connectivity index (χ4n) is 4.01. The first-order valence-electron chi connectivity index (χ1n) is 16.6. The largest absolute Gasteiger partial charge is 0.483 e. The van der Waals surface area contributed by atoms with Crippen LogP contribution in [0.3, 0.4) is 0 Å². The van der Waals surface area contributed by atoms with E-state index < -0.39 is 5.41 Å². The first-order chi connectivity index (χ1) is 22.5. The fraction of sp³-hybridized carbons (Fsp3) is 0.475. The van der Waals surface area contributed by atoms with E-state index in [4.69, 9.17) is 30.9 Å². The van der Waals surface area contributed by atoms with Crippen LogP contribution in [0.2, 0.25) is 5.02 Å². The monoisotopic (exact) mass is 680 g/mol. The number of carboxylic acid groups (broad SMARTS) is 1. The molecule has 0 bridgehead atoms. The van der Waals surface area contributed by atoms with E-state index in [-0.39, 0.29) is 23.6 Å². The van der Waals surface area contributed by atoms with Crippen LogP contribution in [0.1, 0.15) is 118 Å². The fourth-order valence-corrected chi connectivity index (χ4v) is 4.14. The van der Waals surface area contributed by atoms with Gasteiger partial charge >= 0.3 is 0 Å². The van der Waals surface area contributed by atoms with Gasteiger partial charge in [-0.1, -0.05) is 98.0 Å². The van der Waals surface area contributed by atoms with E-state index in [0.717, 1.165) is 52.0 Å². The van der Waals surface area contributed by atoms with Crippen molar-refractivity contribution in [1.82, 2.24) is 9.97 Å². The van der Waals surface area contributed by atoms with Gasteiger partial charge in [-0.15, -0.1) is 0 Å². The minimum Gasteiger partial charge on any atom is -0.483 e. The molecule has 264 valence electrons. The van der Waals surface area contributed by atoms with Gasteiger partial charge < -0.3 is 14.3 Å². The van der Waals surface area contributed by atoms with Gasteiger partial charge in [0.05, 0.1) is 11.1 Å². The maximum atomic E-state index is 12.4. The number of carbonyl (C=O) groups is 3. The molecule has 0 spiro atoms. The zero-order chi connectivity index (χ0) is 37.1. The zero-order valence-corrected chi connectivity index (χ0v) is 31.9. The summed E-state index contributed by atoms with van der Waals surface area (Å²) in [5.41, 5.74) is 5.85. The van der Waals surface area contributed by atoms with Crippen molar-refractivity contribution < 1.29 is 23.9 Å². The number of fused-ring (bicyclic) bond motifs is 1. The van der Waals surface area contributed by atoms with Crippen molar-refractivity contribution in [3.8, 4) is 11.3 Å². The van der Waals surface area contributed by atoms with E-state index in [2.05, 4.69) is 45.7 Å². The maximum Gasteiger partial charge on any atom is 0.290 e. The molecule has 1 aromatic carbocycles. The number of carbonyl (C=O) groups excluding carboxylic acids is 2. The van der Waals surface area contributed by atoms with E-state index in [1.165, 1.54) is 12.8 Å². The van der Waals surface area contributed by atoms with E-state index in [1.807, 2.05) is 97.0 Å². The van der Waals surface area contributed by atoms with Crippen molar-refractivity contribution >= 4 is 41.2 Å². The highest BCUT2D eigenvalue weighted by molar-refractivity contribution is 6.30. The summed E-state index contributed by atoms with van der Waals surface area (Å²) in [5.74, 6) is 1.07. The minimum atomic E-state index is -0.676. The lowest BCUT2D eigenvalue weighted by Gasteiger charge is -2.21. The van der Waals surface area contributed by atoms with Gasteiger partial charge in [-0.05, 0) is 69.9 Å². The number of aldehydes is 1. The average Bonchev–Trinajstić information content (AvgIpc) is 3.49. The number of pyridine rings is 2. The van der Waals surface area contributed by atoms with Crippen molar-refractivity contribution in [2.75, 3.05) is 0 Å². The number of unbranched alkanes of at least 4 members (excludes halogenated alkanes) is 1. The Morgan fingerprint density at radius 2 is 1.42 bits per heavy atom. The molecule has 0 saturated heterocycles. The lowest BCUT2D eigenvalue weighted by Crippen LogP contribution is -2.27. The second kappa shape index (κ2) is 21.9. The van der Waals surface area contributed by atoms with E-state index in [9.17, 15) is 9.59 Å². The summed E-state index contributed by atoms with van der Waals surface area (Å²) >= 11 is 6.03. The highest BCUT2D eigenvalue weighted by Gasteiger charge is 2.33. The smallest absolute Gasteiger partial charge is 0.290 e. The number of hydrogen-bond acceptors (Lipinski definition) is 6. The van der Waals surface area contributed by atoms with Gasteiger partial charge in [0.2, 0.25) is 0 Å². The topological polar surface area (TPSA) is 110 Å². The van der Waals surface area contributed by atoms with Crippen LogP contribution in [0.15, 0.2) is 59.0 Å². The van der Waals surface area contributed by atoms with Crippen LogP contribution < -0.4 is 0 Å². The van der Waals surface area contributed by atoms with Crippen LogP contribution >= 0.6 is 11.6 Å². The Balaban J connectivity index is 0.000000852. The first kappa shape index (κ1) is 44.2. The summed E-state index contributed by atoms with van der Waals surface area (Å²) in [6.45, 7) is 24.2. The number of rotatable bonds is 7. The molecular weight excluding hydrogens is 624 g/mol. The van der Waals surface area contributed by atoms with Gasteiger partial charge in [0.1, 0.15) is 23.3 Å². The predicted molar refractivity (Wildman–Crippen MR) is 200 cm³/mol. The van der Waals surface area contributed by atoms with Crippen LogP contribution in [0.4, 0.5) is 0 Å². The van der Waals surface area contributed by atoms with Crippen LogP contribution in [-0.2, 0) is 25.2 Å². The van der Waals surface area contributed by atoms with Gasteiger partial charge in [0.15, 0.2) is 5.58 Å². The van der Waals surface area contributed by atoms with Crippen molar-refractivity contribution in [2.24, 2.45) is 5.92 Å². The van der Waals surface area contributed by atoms with Crippen LogP contribution in [-0.4, -0.2) is 33.6 Å². The Hall–Kier alpha value is -3.84. The molecule has 0 amide bonds. The average molecular weight is 681 g/mol. The first-order valence-corrected chi connectivity index (χ1v) is 17.0. The molecule has 3 heterocycles. The van der Waals surface area contributed by atoms with Crippen molar-refractivity contribution in [2.45, 2.75) is 120 Å². The Morgan fingerprint density at radius 1 is 0.896 bits per heavy atom. The lowest BCUT2D eigenvalue weighted by atomic mass is 9.84. The third-order valence-corrected chi connectivity index (χ3v) is 7.72. The van der Waals surface area contributed by atoms with Crippen molar-refractivity contribution in [3.63, 3.8) is 0 Å². The van der Waals surface area contributed by atoms with Crippen molar-refractivity contribution in [3.05, 3.63) is 82.3 Å². The molecule has 4 rings (SSSR count). The van der Waals surface area contributed by atoms with Crippen molar-refractivity contribution in [1.29, 1.82) is 0 Å².